The number of H-pyrrole nitrogens is 1. The molecule has 0 saturated carbocycles. The first-order chi connectivity index (χ1) is 12.2. The number of benzene rings is 1. The summed E-state index contributed by atoms with van der Waals surface area (Å²) in [5.74, 6) is -0.237. The van der Waals surface area contributed by atoms with Gasteiger partial charge in [0.05, 0.1) is 0 Å². The highest BCUT2D eigenvalue weighted by Crippen LogP contribution is 2.25. The van der Waals surface area contributed by atoms with Crippen LogP contribution in [0.1, 0.15) is 28.2 Å². The van der Waals surface area contributed by atoms with Gasteiger partial charge in [-0.1, -0.05) is 18.2 Å². The fraction of sp³-hybridized carbons (Fsp3) is 0.389. The zero-order valence-corrected chi connectivity index (χ0v) is 15.4. The topological polar surface area (TPSA) is 81.3 Å². The molecule has 0 spiro atoms. The Morgan fingerprint density at radius 1 is 1.31 bits per heavy atom. The van der Waals surface area contributed by atoms with Crippen molar-refractivity contribution in [2.75, 3.05) is 25.0 Å². The number of carbonyl (C=O) groups is 2. The molecule has 1 unspecified atom stereocenters. The maximum absolute atomic E-state index is 12.9. The van der Waals surface area contributed by atoms with Crippen molar-refractivity contribution < 1.29 is 9.59 Å². The highest BCUT2D eigenvalue weighted by Gasteiger charge is 2.38. The monoisotopic (exact) mass is 375 g/mol. The highest BCUT2D eigenvalue weighted by molar-refractivity contribution is 6.03. The molecule has 2 aromatic rings. The summed E-state index contributed by atoms with van der Waals surface area (Å²) in [6.07, 6.45) is 1.46. The average molecular weight is 376 g/mol. The first-order valence-corrected chi connectivity index (χ1v) is 8.57. The molecule has 0 radical (unpaired) electrons. The number of likely N-dealkylation sites (N-methyl/N-ethyl adjacent to an activating group) is 1. The van der Waals surface area contributed by atoms with E-state index in [0.29, 0.717) is 25.2 Å². The minimum atomic E-state index is -0.448. The number of anilines is 1. The average Bonchev–Trinajstić information content (AvgIpc) is 3.25. The van der Waals surface area contributed by atoms with Crippen molar-refractivity contribution in [1.29, 1.82) is 0 Å². The van der Waals surface area contributed by atoms with Crippen molar-refractivity contribution >= 4 is 29.9 Å². The van der Waals surface area contributed by atoms with Crippen LogP contribution in [-0.2, 0) is 17.8 Å². The van der Waals surface area contributed by atoms with Crippen molar-refractivity contribution in [3.8, 4) is 0 Å². The van der Waals surface area contributed by atoms with Gasteiger partial charge >= 0.3 is 0 Å². The molecule has 1 aromatic heterocycles. The summed E-state index contributed by atoms with van der Waals surface area (Å²) < 4.78 is 0. The molecule has 1 saturated heterocycles. The second-order valence-electron chi connectivity index (χ2n) is 6.50. The summed E-state index contributed by atoms with van der Waals surface area (Å²) in [5, 5.41) is 10.4. The molecule has 1 atom stereocenters. The normalized spacial score (nSPS) is 19.0. The zero-order chi connectivity index (χ0) is 17.4. The zero-order valence-electron chi connectivity index (χ0n) is 14.6. The van der Waals surface area contributed by atoms with Crippen LogP contribution in [0.25, 0.3) is 0 Å². The summed E-state index contributed by atoms with van der Waals surface area (Å²) in [6, 6.07) is 9.13. The molecule has 2 aliphatic rings. The number of halogens is 1. The first kappa shape index (κ1) is 18.4. The van der Waals surface area contributed by atoms with Gasteiger partial charge in [-0.25, -0.2) is 0 Å². The van der Waals surface area contributed by atoms with Gasteiger partial charge in [0, 0.05) is 50.0 Å². The van der Waals surface area contributed by atoms with Gasteiger partial charge in [0.2, 0.25) is 5.91 Å². The molecule has 138 valence electrons. The first-order valence-electron chi connectivity index (χ1n) is 8.57. The number of fused-ring (bicyclic) bond motifs is 1. The van der Waals surface area contributed by atoms with E-state index in [1.165, 1.54) is 4.90 Å². The Labute approximate surface area is 158 Å². The third-order valence-corrected chi connectivity index (χ3v) is 5.04. The fourth-order valence-corrected chi connectivity index (χ4v) is 3.60. The third kappa shape index (κ3) is 3.08. The van der Waals surface area contributed by atoms with Crippen LogP contribution in [0, 0.1) is 0 Å². The van der Waals surface area contributed by atoms with E-state index in [1.54, 1.807) is 11.9 Å². The van der Waals surface area contributed by atoms with E-state index < -0.39 is 6.04 Å². The van der Waals surface area contributed by atoms with Gasteiger partial charge in [0.25, 0.3) is 5.91 Å². The van der Waals surface area contributed by atoms with Crippen molar-refractivity contribution in [3.63, 3.8) is 0 Å². The van der Waals surface area contributed by atoms with Crippen molar-refractivity contribution in [2.45, 2.75) is 25.4 Å². The van der Waals surface area contributed by atoms with Crippen LogP contribution < -0.4 is 10.2 Å². The quantitative estimate of drug-likeness (QED) is 0.848. The molecule has 2 aliphatic heterocycles. The lowest BCUT2D eigenvalue weighted by atomic mass is 10.1. The number of amides is 2. The van der Waals surface area contributed by atoms with Crippen LogP contribution in [0.5, 0.6) is 0 Å². The number of aromatic amines is 1. The summed E-state index contributed by atoms with van der Waals surface area (Å²) >= 11 is 0. The second-order valence-corrected chi connectivity index (χ2v) is 6.50. The van der Waals surface area contributed by atoms with Gasteiger partial charge in [-0.2, -0.15) is 5.10 Å². The minimum Gasteiger partial charge on any atom is -0.328 e. The Bertz CT molecular complexity index is 807. The van der Waals surface area contributed by atoms with E-state index in [2.05, 4.69) is 15.5 Å². The summed E-state index contributed by atoms with van der Waals surface area (Å²) in [6.45, 7) is 2.13. The highest BCUT2D eigenvalue weighted by atomic mass is 35.5. The van der Waals surface area contributed by atoms with E-state index in [-0.39, 0.29) is 24.2 Å². The van der Waals surface area contributed by atoms with Gasteiger partial charge in [-0.3, -0.25) is 14.7 Å². The standard InChI is InChI=1S/C18H21N5O2.ClH/c1-22(18(25)16-13-11-19-9-7-14(13)20-21-16)15-8-10-23(17(15)24)12-5-3-2-4-6-12;/h2-6,15,19H,7-11H2,1H3,(H,20,21);1H. The molecule has 3 heterocycles. The number of nitrogens with one attached hydrogen (secondary N) is 2. The number of hydrogen-bond acceptors (Lipinski definition) is 4. The predicted molar refractivity (Wildman–Crippen MR) is 101 cm³/mol. The predicted octanol–water partition coefficient (Wildman–Crippen LogP) is 1.35. The van der Waals surface area contributed by atoms with Crippen LogP contribution in [-0.4, -0.2) is 53.1 Å². The Morgan fingerprint density at radius 3 is 2.85 bits per heavy atom. The van der Waals surface area contributed by atoms with Gasteiger partial charge in [0.1, 0.15) is 6.04 Å². The van der Waals surface area contributed by atoms with Crippen molar-refractivity contribution in [3.05, 3.63) is 47.3 Å². The fourth-order valence-electron chi connectivity index (χ4n) is 3.60. The molecule has 26 heavy (non-hydrogen) atoms. The molecule has 1 fully saturated rings. The largest absolute Gasteiger partial charge is 0.328 e. The second kappa shape index (κ2) is 7.47. The Morgan fingerprint density at radius 2 is 2.08 bits per heavy atom. The smallest absolute Gasteiger partial charge is 0.275 e. The maximum atomic E-state index is 12.9. The third-order valence-electron chi connectivity index (χ3n) is 5.04. The number of nitrogens with zero attached hydrogens (tertiary/aromatic N) is 3. The van der Waals surface area contributed by atoms with Crippen molar-refractivity contribution in [1.82, 2.24) is 20.4 Å². The summed E-state index contributed by atoms with van der Waals surface area (Å²) in [5.41, 5.74) is 3.24. The number of hydrogen-bond donors (Lipinski definition) is 2. The maximum Gasteiger partial charge on any atom is 0.275 e. The summed E-state index contributed by atoms with van der Waals surface area (Å²) in [4.78, 5) is 29.0. The number of rotatable bonds is 3. The van der Waals surface area contributed by atoms with Crippen LogP contribution in [0.3, 0.4) is 0 Å². The van der Waals surface area contributed by atoms with Crippen molar-refractivity contribution in [2.24, 2.45) is 0 Å². The molecule has 7 nitrogen and oxygen atoms in total. The van der Waals surface area contributed by atoms with Crippen LogP contribution >= 0.6 is 12.4 Å². The Kier molecular flexibility index (Phi) is 5.29. The Balaban J connectivity index is 0.00000196. The minimum absolute atomic E-state index is 0. The molecule has 8 heteroatoms. The lowest BCUT2D eigenvalue weighted by molar-refractivity contribution is -0.120. The van der Waals surface area contributed by atoms with E-state index in [1.807, 2.05) is 30.3 Å². The van der Waals surface area contributed by atoms with Gasteiger partial charge in [0.15, 0.2) is 5.69 Å². The molecular weight excluding hydrogens is 354 g/mol. The lowest BCUT2D eigenvalue weighted by Crippen LogP contribution is -2.43. The molecule has 2 N–H and O–H groups in total. The van der Waals surface area contributed by atoms with Gasteiger partial charge < -0.3 is 15.1 Å². The lowest BCUT2D eigenvalue weighted by Gasteiger charge is -2.24. The van der Waals surface area contributed by atoms with E-state index >= 15 is 0 Å². The van der Waals surface area contributed by atoms with E-state index in [4.69, 9.17) is 0 Å². The SMILES string of the molecule is CN(C(=O)c1n[nH]c2c1CNCC2)C1CCN(c2ccccc2)C1=O.Cl. The van der Waals surface area contributed by atoms with E-state index in [9.17, 15) is 9.59 Å². The molecule has 2 amide bonds. The van der Waals surface area contributed by atoms with Crippen LogP contribution in [0.2, 0.25) is 0 Å². The molecular formula is C18H22ClN5O2. The van der Waals surface area contributed by atoms with Crippen LogP contribution in [0.4, 0.5) is 5.69 Å². The number of aromatic nitrogens is 2. The molecule has 0 bridgehead atoms. The van der Waals surface area contributed by atoms with Gasteiger partial charge in [-0.15, -0.1) is 12.4 Å². The van der Waals surface area contributed by atoms with E-state index in [0.717, 1.165) is 29.9 Å². The number of carbonyl (C=O) groups excluding carboxylic acids is 2. The number of para-hydroxylation sites is 1. The summed E-state index contributed by atoms with van der Waals surface area (Å²) in [7, 11) is 1.69. The molecule has 1 aromatic carbocycles. The Hall–Kier alpha value is -2.38. The molecule has 4 rings (SSSR count). The molecule has 0 aliphatic carbocycles. The van der Waals surface area contributed by atoms with Crippen LogP contribution in [0.15, 0.2) is 30.3 Å². The van der Waals surface area contributed by atoms with Gasteiger partial charge in [-0.05, 0) is 18.6 Å².